The summed E-state index contributed by atoms with van der Waals surface area (Å²) >= 11 is 0. The number of amides is 1. The zero-order chi connectivity index (χ0) is 12.1. The molecule has 0 spiro atoms. The first-order chi connectivity index (χ1) is 8.31. The molecular weight excluding hydrogens is 216 g/mol. The van der Waals surface area contributed by atoms with Gasteiger partial charge in [0.25, 0.3) is 5.91 Å². The molecule has 1 atom stereocenters. The highest BCUT2D eigenvalue weighted by molar-refractivity contribution is 5.94. The average Bonchev–Trinajstić information content (AvgIpc) is 2.90. The van der Waals surface area contributed by atoms with Gasteiger partial charge in [0.15, 0.2) is 0 Å². The molecule has 0 saturated carbocycles. The van der Waals surface area contributed by atoms with E-state index >= 15 is 0 Å². The van der Waals surface area contributed by atoms with Crippen LogP contribution in [0, 0.1) is 0 Å². The minimum atomic E-state index is -0.138. The van der Waals surface area contributed by atoms with Crippen molar-refractivity contribution in [2.75, 3.05) is 0 Å². The van der Waals surface area contributed by atoms with Gasteiger partial charge < -0.3 is 10.3 Å². The Morgan fingerprint density at radius 2 is 2.41 bits per heavy atom. The van der Waals surface area contributed by atoms with Crippen molar-refractivity contribution < 1.29 is 4.79 Å². The standard InChI is InChI=1S/C12H14N4O/c1-2-10(11-14-6-7-15-11)16-12(17)9-4-3-5-13-8-9/h3-8,10H,2H2,1H3,(H,14,15)(H,16,17). The Kier molecular flexibility index (Phi) is 3.49. The zero-order valence-electron chi connectivity index (χ0n) is 9.55. The van der Waals surface area contributed by atoms with E-state index in [2.05, 4.69) is 20.3 Å². The average molecular weight is 230 g/mol. The molecule has 0 fully saturated rings. The van der Waals surface area contributed by atoms with E-state index in [1.54, 1.807) is 36.9 Å². The topological polar surface area (TPSA) is 70.7 Å². The molecule has 0 aliphatic rings. The maximum atomic E-state index is 11.9. The minimum absolute atomic E-state index is 0.0993. The van der Waals surface area contributed by atoms with E-state index in [0.717, 1.165) is 12.2 Å². The van der Waals surface area contributed by atoms with Gasteiger partial charge in [0.1, 0.15) is 5.82 Å². The summed E-state index contributed by atoms with van der Waals surface area (Å²) in [6.45, 7) is 2.00. The van der Waals surface area contributed by atoms with Gasteiger partial charge in [0, 0.05) is 24.8 Å². The predicted octanol–water partition coefficient (Wildman–Crippen LogP) is 1.69. The first kappa shape index (κ1) is 11.3. The molecule has 17 heavy (non-hydrogen) atoms. The van der Waals surface area contributed by atoms with Crippen LogP contribution in [0.1, 0.15) is 35.6 Å². The lowest BCUT2D eigenvalue weighted by Crippen LogP contribution is -2.28. The maximum absolute atomic E-state index is 11.9. The molecule has 0 bridgehead atoms. The zero-order valence-corrected chi connectivity index (χ0v) is 9.55. The molecule has 0 radical (unpaired) electrons. The van der Waals surface area contributed by atoms with Crippen molar-refractivity contribution >= 4 is 5.91 Å². The number of hydrogen-bond acceptors (Lipinski definition) is 3. The number of carbonyl (C=O) groups is 1. The van der Waals surface area contributed by atoms with Gasteiger partial charge in [-0.15, -0.1) is 0 Å². The molecule has 2 aromatic heterocycles. The Morgan fingerprint density at radius 1 is 1.53 bits per heavy atom. The third-order valence-electron chi connectivity index (χ3n) is 2.49. The number of aromatic amines is 1. The lowest BCUT2D eigenvalue weighted by Gasteiger charge is -2.14. The predicted molar refractivity (Wildman–Crippen MR) is 63.3 cm³/mol. The van der Waals surface area contributed by atoms with Crippen LogP contribution in [0.4, 0.5) is 0 Å². The van der Waals surface area contributed by atoms with Crippen LogP contribution in [0.5, 0.6) is 0 Å². The number of hydrogen-bond donors (Lipinski definition) is 2. The van der Waals surface area contributed by atoms with E-state index in [-0.39, 0.29) is 11.9 Å². The van der Waals surface area contributed by atoms with Gasteiger partial charge in [-0.1, -0.05) is 6.92 Å². The Hall–Kier alpha value is -2.17. The maximum Gasteiger partial charge on any atom is 0.253 e. The summed E-state index contributed by atoms with van der Waals surface area (Å²) in [4.78, 5) is 23.0. The van der Waals surface area contributed by atoms with E-state index in [9.17, 15) is 4.79 Å². The van der Waals surface area contributed by atoms with E-state index in [1.165, 1.54) is 0 Å². The molecule has 0 saturated heterocycles. The highest BCUT2D eigenvalue weighted by Gasteiger charge is 2.15. The van der Waals surface area contributed by atoms with Gasteiger partial charge in [-0.2, -0.15) is 0 Å². The Morgan fingerprint density at radius 3 is 3.00 bits per heavy atom. The molecule has 0 aliphatic heterocycles. The first-order valence-corrected chi connectivity index (χ1v) is 5.51. The van der Waals surface area contributed by atoms with E-state index in [4.69, 9.17) is 0 Å². The SMILES string of the molecule is CCC(NC(=O)c1cccnc1)c1ncc[nH]1. The molecule has 2 rings (SSSR count). The molecule has 5 nitrogen and oxygen atoms in total. The number of nitrogens with zero attached hydrogens (tertiary/aromatic N) is 2. The largest absolute Gasteiger partial charge is 0.347 e. The molecule has 5 heteroatoms. The highest BCUT2D eigenvalue weighted by Crippen LogP contribution is 2.12. The monoisotopic (exact) mass is 230 g/mol. The van der Waals surface area contributed by atoms with E-state index in [1.807, 2.05) is 6.92 Å². The molecule has 0 aliphatic carbocycles. The van der Waals surface area contributed by atoms with Crippen molar-refractivity contribution in [3.8, 4) is 0 Å². The minimum Gasteiger partial charge on any atom is -0.347 e. The molecule has 88 valence electrons. The normalized spacial score (nSPS) is 12.1. The second-order valence-corrected chi connectivity index (χ2v) is 3.65. The lowest BCUT2D eigenvalue weighted by atomic mass is 10.2. The van der Waals surface area contributed by atoms with Crippen LogP contribution in [-0.4, -0.2) is 20.9 Å². The van der Waals surface area contributed by atoms with Gasteiger partial charge in [-0.3, -0.25) is 9.78 Å². The second-order valence-electron chi connectivity index (χ2n) is 3.65. The number of nitrogens with one attached hydrogen (secondary N) is 2. The summed E-state index contributed by atoms with van der Waals surface area (Å²) in [7, 11) is 0. The van der Waals surface area contributed by atoms with Crippen LogP contribution in [0.3, 0.4) is 0 Å². The summed E-state index contributed by atoms with van der Waals surface area (Å²) in [5, 5.41) is 2.91. The van der Waals surface area contributed by atoms with Crippen LogP contribution < -0.4 is 5.32 Å². The Bertz CT molecular complexity index is 467. The molecular formula is C12H14N4O. The number of rotatable bonds is 4. The Labute approximate surface area is 99.3 Å². The summed E-state index contributed by atoms with van der Waals surface area (Å²) < 4.78 is 0. The van der Waals surface area contributed by atoms with Crippen LogP contribution in [-0.2, 0) is 0 Å². The fraction of sp³-hybridized carbons (Fsp3) is 0.250. The first-order valence-electron chi connectivity index (χ1n) is 5.51. The van der Waals surface area contributed by atoms with Gasteiger partial charge in [-0.25, -0.2) is 4.98 Å². The third kappa shape index (κ3) is 2.69. The number of pyridine rings is 1. The lowest BCUT2D eigenvalue weighted by molar-refractivity contribution is 0.0933. The molecule has 2 heterocycles. The van der Waals surface area contributed by atoms with Crippen LogP contribution in [0.2, 0.25) is 0 Å². The van der Waals surface area contributed by atoms with Gasteiger partial charge in [0.05, 0.1) is 11.6 Å². The van der Waals surface area contributed by atoms with Crippen molar-refractivity contribution in [3.63, 3.8) is 0 Å². The molecule has 1 amide bonds. The van der Waals surface area contributed by atoms with Gasteiger partial charge >= 0.3 is 0 Å². The van der Waals surface area contributed by atoms with Gasteiger partial charge in [0.2, 0.25) is 0 Å². The van der Waals surface area contributed by atoms with Crippen molar-refractivity contribution in [1.29, 1.82) is 0 Å². The molecule has 2 N–H and O–H groups in total. The fourth-order valence-electron chi connectivity index (χ4n) is 1.57. The van der Waals surface area contributed by atoms with Crippen molar-refractivity contribution in [3.05, 3.63) is 48.3 Å². The van der Waals surface area contributed by atoms with E-state index in [0.29, 0.717) is 5.56 Å². The van der Waals surface area contributed by atoms with E-state index < -0.39 is 0 Å². The van der Waals surface area contributed by atoms with Crippen molar-refractivity contribution in [1.82, 2.24) is 20.3 Å². The highest BCUT2D eigenvalue weighted by atomic mass is 16.1. The summed E-state index contributed by atoms with van der Waals surface area (Å²) in [6.07, 6.45) is 7.38. The number of H-pyrrole nitrogens is 1. The van der Waals surface area contributed by atoms with Crippen LogP contribution >= 0.6 is 0 Å². The number of aromatic nitrogens is 3. The molecule has 2 aromatic rings. The molecule has 1 unspecified atom stereocenters. The van der Waals surface area contributed by atoms with Crippen molar-refractivity contribution in [2.45, 2.75) is 19.4 Å². The third-order valence-corrected chi connectivity index (χ3v) is 2.49. The quantitative estimate of drug-likeness (QED) is 0.839. The summed E-state index contributed by atoms with van der Waals surface area (Å²) in [5.74, 6) is 0.631. The summed E-state index contributed by atoms with van der Waals surface area (Å²) in [6, 6.07) is 3.37. The van der Waals surface area contributed by atoms with Crippen LogP contribution in [0.25, 0.3) is 0 Å². The Balaban J connectivity index is 2.08. The summed E-state index contributed by atoms with van der Waals surface area (Å²) in [5.41, 5.74) is 0.553. The number of carbonyl (C=O) groups excluding carboxylic acids is 1. The second kappa shape index (κ2) is 5.25. The fourth-order valence-corrected chi connectivity index (χ4v) is 1.57. The van der Waals surface area contributed by atoms with Crippen LogP contribution in [0.15, 0.2) is 36.9 Å². The van der Waals surface area contributed by atoms with Gasteiger partial charge in [-0.05, 0) is 18.6 Å². The molecule has 0 aromatic carbocycles. The van der Waals surface area contributed by atoms with Crippen molar-refractivity contribution in [2.24, 2.45) is 0 Å². The number of imidazole rings is 1. The smallest absolute Gasteiger partial charge is 0.253 e.